The minimum Gasteiger partial charge on any atom is -0.378 e. The van der Waals surface area contributed by atoms with Gasteiger partial charge in [0.2, 0.25) is 11.8 Å². The van der Waals surface area contributed by atoms with E-state index in [0.29, 0.717) is 16.9 Å². The van der Waals surface area contributed by atoms with Crippen LogP contribution in [-0.2, 0) is 9.59 Å². The fraction of sp³-hybridized carbons (Fsp3) is 0.167. The van der Waals surface area contributed by atoms with Crippen molar-refractivity contribution in [3.63, 3.8) is 0 Å². The Morgan fingerprint density at radius 3 is 1.79 bits per heavy atom. The molecule has 0 fully saturated rings. The number of hydrogen-bond acceptors (Lipinski definition) is 4. The molecule has 6 nitrogen and oxygen atoms in total. The number of benzene rings is 2. The molecule has 0 spiro atoms. The molecule has 0 bridgehead atoms. The molecule has 0 radical (unpaired) electrons. The first kappa shape index (κ1) is 17.0. The zero-order chi connectivity index (χ0) is 17.5. The van der Waals surface area contributed by atoms with Crippen LogP contribution in [0.3, 0.4) is 0 Å². The number of nitrogens with zero attached hydrogens (tertiary/aromatic N) is 2. The van der Waals surface area contributed by atoms with E-state index in [1.165, 1.54) is 0 Å². The van der Waals surface area contributed by atoms with Gasteiger partial charge in [0.15, 0.2) is 0 Å². The molecule has 6 heteroatoms. The average molecular weight is 322 g/mol. The number of hydrogen-bond donors (Lipinski definition) is 2. The maximum absolute atomic E-state index is 11.9. The van der Waals surface area contributed by atoms with E-state index in [4.69, 9.17) is 5.26 Å². The van der Waals surface area contributed by atoms with E-state index in [1.807, 2.05) is 37.2 Å². The van der Waals surface area contributed by atoms with Gasteiger partial charge >= 0.3 is 0 Å². The van der Waals surface area contributed by atoms with Crippen molar-refractivity contribution >= 4 is 28.9 Å². The van der Waals surface area contributed by atoms with E-state index in [1.54, 1.807) is 36.4 Å². The molecular weight excluding hydrogens is 304 g/mol. The molecule has 0 atom stereocenters. The molecule has 0 aliphatic rings. The van der Waals surface area contributed by atoms with Gasteiger partial charge in [-0.2, -0.15) is 5.26 Å². The van der Waals surface area contributed by atoms with Gasteiger partial charge in [0.1, 0.15) is 6.42 Å². The summed E-state index contributed by atoms with van der Waals surface area (Å²) < 4.78 is 0. The SMILES string of the molecule is CN(C)c1ccc(NC(=O)CC(=O)Nc2ccc(C#N)cc2)cc1. The smallest absolute Gasteiger partial charge is 0.233 e. The Kier molecular flexibility index (Phi) is 5.53. The third-order valence-corrected chi connectivity index (χ3v) is 3.29. The average Bonchev–Trinajstić information content (AvgIpc) is 2.55. The van der Waals surface area contributed by atoms with Crippen LogP contribution in [0.4, 0.5) is 17.1 Å². The van der Waals surface area contributed by atoms with E-state index in [2.05, 4.69) is 10.6 Å². The normalized spacial score (nSPS) is 9.71. The van der Waals surface area contributed by atoms with Crippen LogP contribution in [0.1, 0.15) is 12.0 Å². The van der Waals surface area contributed by atoms with Crippen LogP contribution >= 0.6 is 0 Å². The second-order valence-corrected chi connectivity index (χ2v) is 5.40. The molecule has 0 heterocycles. The number of rotatable bonds is 5. The third kappa shape index (κ3) is 4.85. The second-order valence-electron chi connectivity index (χ2n) is 5.40. The molecule has 2 rings (SSSR count). The number of carbonyl (C=O) groups is 2. The van der Waals surface area contributed by atoms with Gasteiger partial charge in [0.05, 0.1) is 11.6 Å². The zero-order valence-electron chi connectivity index (χ0n) is 13.5. The van der Waals surface area contributed by atoms with Gasteiger partial charge in [-0.05, 0) is 48.5 Å². The van der Waals surface area contributed by atoms with Crippen molar-refractivity contribution < 1.29 is 9.59 Å². The molecule has 2 amide bonds. The largest absolute Gasteiger partial charge is 0.378 e. The van der Waals surface area contributed by atoms with Crippen molar-refractivity contribution in [1.82, 2.24) is 0 Å². The topological polar surface area (TPSA) is 85.2 Å². The van der Waals surface area contributed by atoms with Crippen LogP contribution in [-0.4, -0.2) is 25.9 Å². The van der Waals surface area contributed by atoms with Crippen LogP contribution < -0.4 is 15.5 Å². The summed E-state index contributed by atoms with van der Waals surface area (Å²) in [4.78, 5) is 25.7. The van der Waals surface area contributed by atoms with Gasteiger partial charge in [-0.3, -0.25) is 9.59 Å². The summed E-state index contributed by atoms with van der Waals surface area (Å²) in [5.41, 5.74) is 2.71. The summed E-state index contributed by atoms with van der Waals surface area (Å²) >= 11 is 0. The molecular formula is C18H18N4O2. The van der Waals surface area contributed by atoms with Crippen LogP contribution in [0.15, 0.2) is 48.5 Å². The summed E-state index contributed by atoms with van der Waals surface area (Å²) in [6.07, 6.45) is -0.282. The highest BCUT2D eigenvalue weighted by Crippen LogP contribution is 2.16. The molecule has 0 saturated carbocycles. The Morgan fingerprint density at radius 2 is 1.38 bits per heavy atom. The van der Waals surface area contributed by atoms with Crippen molar-refractivity contribution in [2.24, 2.45) is 0 Å². The van der Waals surface area contributed by atoms with E-state index in [0.717, 1.165) is 5.69 Å². The van der Waals surface area contributed by atoms with Gasteiger partial charge in [0.25, 0.3) is 0 Å². The van der Waals surface area contributed by atoms with Crippen molar-refractivity contribution in [2.75, 3.05) is 29.6 Å². The lowest BCUT2D eigenvalue weighted by Crippen LogP contribution is -2.21. The standard InChI is InChI=1S/C18H18N4O2/c1-22(2)16-9-7-15(8-10-16)21-18(24)11-17(23)20-14-5-3-13(12-19)4-6-14/h3-10H,11H2,1-2H3,(H,20,23)(H,21,24). The number of nitrogens with one attached hydrogen (secondary N) is 2. The number of nitriles is 1. The first-order valence-electron chi connectivity index (χ1n) is 7.35. The van der Waals surface area contributed by atoms with Gasteiger partial charge in [0, 0.05) is 31.2 Å². The molecule has 2 aromatic carbocycles. The third-order valence-electron chi connectivity index (χ3n) is 3.29. The lowest BCUT2D eigenvalue weighted by molar-refractivity contribution is -0.123. The Bertz CT molecular complexity index is 759. The monoisotopic (exact) mass is 322 g/mol. The second kappa shape index (κ2) is 7.79. The number of carbonyl (C=O) groups excluding carboxylic acids is 2. The van der Waals surface area contributed by atoms with Gasteiger partial charge in [-0.25, -0.2) is 0 Å². The first-order chi connectivity index (χ1) is 11.5. The summed E-state index contributed by atoms with van der Waals surface area (Å²) in [6, 6.07) is 15.8. The Labute approximate surface area is 140 Å². The van der Waals surface area contributed by atoms with E-state index >= 15 is 0 Å². The summed E-state index contributed by atoms with van der Waals surface area (Å²) in [7, 11) is 3.86. The molecule has 24 heavy (non-hydrogen) atoms. The Balaban J connectivity index is 1.86. The number of anilines is 3. The highest BCUT2D eigenvalue weighted by atomic mass is 16.2. The summed E-state index contributed by atoms with van der Waals surface area (Å²) in [5, 5.41) is 14.0. The van der Waals surface area contributed by atoms with Crippen molar-refractivity contribution in [2.45, 2.75) is 6.42 Å². The minimum atomic E-state index is -0.415. The fourth-order valence-electron chi connectivity index (χ4n) is 2.03. The van der Waals surface area contributed by atoms with Gasteiger partial charge in [-0.1, -0.05) is 0 Å². The van der Waals surface area contributed by atoms with Crippen LogP contribution in [0.2, 0.25) is 0 Å². The van der Waals surface area contributed by atoms with E-state index in [-0.39, 0.29) is 6.42 Å². The van der Waals surface area contributed by atoms with E-state index < -0.39 is 11.8 Å². The Morgan fingerprint density at radius 1 is 0.917 bits per heavy atom. The minimum absolute atomic E-state index is 0.282. The molecule has 0 saturated heterocycles. The lowest BCUT2D eigenvalue weighted by Gasteiger charge is -2.13. The molecule has 0 unspecified atom stereocenters. The molecule has 2 aromatic rings. The number of amides is 2. The maximum Gasteiger partial charge on any atom is 0.233 e. The lowest BCUT2D eigenvalue weighted by atomic mass is 10.2. The highest BCUT2D eigenvalue weighted by Gasteiger charge is 2.10. The van der Waals surface area contributed by atoms with Crippen molar-refractivity contribution in [1.29, 1.82) is 5.26 Å². The predicted molar refractivity (Wildman–Crippen MR) is 93.8 cm³/mol. The first-order valence-corrected chi connectivity index (χ1v) is 7.35. The van der Waals surface area contributed by atoms with E-state index in [9.17, 15) is 9.59 Å². The quantitative estimate of drug-likeness (QED) is 0.829. The molecule has 122 valence electrons. The fourth-order valence-corrected chi connectivity index (χ4v) is 2.03. The van der Waals surface area contributed by atoms with Crippen LogP contribution in [0.5, 0.6) is 0 Å². The Hall–Kier alpha value is -3.33. The summed E-state index contributed by atoms with van der Waals surface area (Å²) in [6.45, 7) is 0. The van der Waals surface area contributed by atoms with Gasteiger partial charge < -0.3 is 15.5 Å². The highest BCUT2D eigenvalue weighted by molar-refractivity contribution is 6.08. The summed E-state index contributed by atoms with van der Waals surface area (Å²) in [5.74, 6) is -0.805. The van der Waals surface area contributed by atoms with Crippen LogP contribution in [0.25, 0.3) is 0 Å². The van der Waals surface area contributed by atoms with Crippen LogP contribution in [0, 0.1) is 11.3 Å². The molecule has 2 N–H and O–H groups in total. The van der Waals surface area contributed by atoms with Crippen molar-refractivity contribution in [3.8, 4) is 6.07 Å². The molecule has 0 aromatic heterocycles. The maximum atomic E-state index is 11.9. The zero-order valence-corrected chi connectivity index (χ0v) is 13.5. The molecule has 0 aliphatic heterocycles. The van der Waals surface area contributed by atoms with Crippen molar-refractivity contribution in [3.05, 3.63) is 54.1 Å². The van der Waals surface area contributed by atoms with Gasteiger partial charge in [-0.15, -0.1) is 0 Å². The molecule has 0 aliphatic carbocycles. The predicted octanol–water partition coefficient (Wildman–Crippen LogP) is 2.59.